The summed E-state index contributed by atoms with van der Waals surface area (Å²) in [5, 5.41) is 0. The van der Waals surface area contributed by atoms with Crippen LogP contribution in [0.4, 0.5) is 13.2 Å². The first kappa shape index (κ1) is 17.1. The van der Waals surface area contributed by atoms with Gasteiger partial charge in [-0.2, -0.15) is 13.2 Å². The third kappa shape index (κ3) is 4.35. The van der Waals surface area contributed by atoms with E-state index < -0.39 is 12.1 Å². The van der Waals surface area contributed by atoms with Gasteiger partial charge in [0.25, 0.3) is 0 Å². The Morgan fingerprint density at radius 3 is 2.24 bits per heavy atom. The highest BCUT2D eigenvalue weighted by atomic mass is 19.4. The number of halogens is 3. The van der Waals surface area contributed by atoms with Crippen molar-refractivity contribution in [2.24, 2.45) is 29.5 Å². The molecule has 0 heterocycles. The van der Waals surface area contributed by atoms with E-state index in [1.165, 1.54) is 32.1 Å². The van der Waals surface area contributed by atoms with Gasteiger partial charge in [0.1, 0.15) is 0 Å². The number of nitrogens with one attached hydrogen (secondary N) is 1. The molecule has 0 aromatic heterocycles. The molecule has 2 saturated carbocycles. The van der Waals surface area contributed by atoms with Gasteiger partial charge in [0, 0.05) is 6.04 Å². The number of hydrazine groups is 1. The van der Waals surface area contributed by atoms with Crippen LogP contribution in [0.3, 0.4) is 0 Å². The predicted octanol–water partition coefficient (Wildman–Crippen LogP) is 4.40. The minimum Gasteiger partial charge on any atom is -0.271 e. The minimum absolute atomic E-state index is 0.202. The lowest BCUT2D eigenvalue weighted by Gasteiger charge is -2.41. The molecule has 0 aliphatic heterocycles. The highest BCUT2D eigenvalue weighted by Crippen LogP contribution is 2.43. The first-order chi connectivity index (χ1) is 9.95. The quantitative estimate of drug-likeness (QED) is 0.596. The van der Waals surface area contributed by atoms with E-state index >= 15 is 0 Å². The molecule has 2 nitrogen and oxygen atoms in total. The van der Waals surface area contributed by atoms with Gasteiger partial charge >= 0.3 is 6.18 Å². The summed E-state index contributed by atoms with van der Waals surface area (Å²) in [5.74, 6) is 6.30. The molecule has 0 saturated heterocycles. The zero-order valence-electron chi connectivity index (χ0n) is 13.0. The van der Waals surface area contributed by atoms with Gasteiger partial charge < -0.3 is 0 Å². The highest BCUT2D eigenvalue weighted by molar-refractivity contribution is 4.89. The van der Waals surface area contributed by atoms with Crippen LogP contribution >= 0.6 is 0 Å². The van der Waals surface area contributed by atoms with E-state index in [9.17, 15) is 13.2 Å². The van der Waals surface area contributed by atoms with Gasteiger partial charge in [-0.05, 0) is 56.3 Å². The van der Waals surface area contributed by atoms with E-state index in [0.717, 1.165) is 5.92 Å². The molecule has 0 aromatic rings. The van der Waals surface area contributed by atoms with E-state index in [1.807, 2.05) is 0 Å². The zero-order chi connectivity index (χ0) is 15.5. The van der Waals surface area contributed by atoms with Gasteiger partial charge in [-0.3, -0.25) is 11.3 Å². The smallest absolute Gasteiger partial charge is 0.271 e. The number of hydrogen-bond donors (Lipinski definition) is 2. The SMILES string of the molecule is CCC1CCCC(C(NN)C2CCC(C(F)(F)F)CC2)C1. The Bertz CT molecular complexity index is 311. The van der Waals surface area contributed by atoms with Crippen LogP contribution in [0.1, 0.15) is 64.7 Å². The summed E-state index contributed by atoms with van der Waals surface area (Å²) < 4.78 is 38.3. The van der Waals surface area contributed by atoms with Crippen LogP contribution in [0.15, 0.2) is 0 Å². The van der Waals surface area contributed by atoms with E-state index in [4.69, 9.17) is 5.84 Å². The monoisotopic (exact) mass is 306 g/mol. The third-order valence-electron chi connectivity index (χ3n) is 5.84. The van der Waals surface area contributed by atoms with Gasteiger partial charge in [0.15, 0.2) is 0 Å². The standard InChI is InChI=1S/C16H29F3N2/c1-2-11-4-3-5-13(10-11)15(21-20)12-6-8-14(9-7-12)16(17,18)19/h11-15,21H,2-10,20H2,1H3. The van der Waals surface area contributed by atoms with Crippen LogP contribution in [0, 0.1) is 23.7 Å². The maximum absolute atomic E-state index is 12.8. The Balaban J connectivity index is 1.90. The zero-order valence-corrected chi connectivity index (χ0v) is 13.0. The van der Waals surface area contributed by atoms with Crippen LogP contribution in [-0.2, 0) is 0 Å². The lowest BCUT2D eigenvalue weighted by Crippen LogP contribution is -2.48. The van der Waals surface area contributed by atoms with Crippen LogP contribution in [0.25, 0.3) is 0 Å². The second-order valence-corrected chi connectivity index (χ2v) is 7.05. The fourth-order valence-electron chi connectivity index (χ4n) is 4.49. The van der Waals surface area contributed by atoms with Crippen molar-refractivity contribution < 1.29 is 13.2 Å². The van der Waals surface area contributed by atoms with Crippen molar-refractivity contribution in [1.82, 2.24) is 5.43 Å². The molecule has 0 bridgehead atoms. The van der Waals surface area contributed by atoms with Gasteiger partial charge in [-0.25, -0.2) is 0 Å². The number of nitrogens with two attached hydrogens (primary N) is 1. The van der Waals surface area contributed by atoms with Crippen molar-refractivity contribution in [2.75, 3.05) is 0 Å². The third-order valence-corrected chi connectivity index (χ3v) is 5.84. The average Bonchev–Trinajstić information content (AvgIpc) is 2.48. The fourth-order valence-corrected chi connectivity index (χ4v) is 4.49. The molecule has 3 unspecified atom stereocenters. The lowest BCUT2D eigenvalue weighted by atomic mass is 9.69. The molecule has 2 aliphatic carbocycles. The maximum Gasteiger partial charge on any atom is 0.391 e. The van der Waals surface area contributed by atoms with Crippen LogP contribution < -0.4 is 11.3 Å². The molecule has 21 heavy (non-hydrogen) atoms. The summed E-state index contributed by atoms with van der Waals surface area (Å²) in [6.07, 6.45) is 3.94. The van der Waals surface area contributed by atoms with Crippen LogP contribution in [-0.4, -0.2) is 12.2 Å². The minimum atomic E-state index is -4.02. The van der Waals surface area contributed by atoms with Gasteiger partial charge in [-0.1, -0.05) is 26.2 Å². The molecule has 2 fully saturated rings. The van der Waals surface area contributed by atoms with Crippen molar-refractivity contribution in [2.45, 2.75) is 76.9 Å². The number of hydrogen-bond acceptors (Lipinski definition) is 2. The summed E-state index contributed by atoms with van der Waals surface area (Å²) in [6.45, 7) is 2.23. The number of rotatable bonds is 4. The van der Waals surface area contributed by atoms with Crippen LogP contribution in [0.2, 0.25) is 0 Å². The molecule has 3 atom stereocenters. The number of alkyl halides is 3. The first-order valence-electron chi connectivity index (χ1n) is 8.48. The van der Waals surface area contributed by atoms with Crippen molar-refractivity contribution in [1.29, 1.82) is 0 Å². The molecule has 3 N–H and O–H groups in total. The summed E-state index contributed by atoms with van der Waals surface area (Å²) in [7, 11) is 0. The largest absolute Gasteiger partial charge is 0.391 e. The fraction of sp³-hybridized carbons (Fsp3) is 1.00. The van der Waals surface area contributed by atoms with Crippen molar-refractivity contribution in [3.8, 4) is 0 Å². The van der Waals surface area contributed by atoms with Crippen molar-refractivity contribution in [3.63, 3.8) is 0 Å². The molecule has 0 aromatic carbocycles. The topological polar surface area (TPSA) is 38.0 Å². The van der Waals surface area contributed by atoms with Crippen molar-refractivity contribution >= 4 is 0 Å². The molecule has 2 aliphatic rings. The molecule has 5 heteroatoms. The Morgan fingerprint density at radius 2 is 1.71 bits per heavy atom. The van der Waals surface area contributed by atoms with Crippen LogP contribution in [0.5, 0.6) is 0 Å². The highest BCUT2D eigenvalue weighted by Gasteiger charge is 2.43. The van der Waals surface area contributed by atoms with Crippen molar-refractivity contribution in [3.05, 3.63) is 0 Å². The summed E-state index contributed by atoms with van der Waals surface area (Å²) >= 11 is 0. The van der Waals surface area contributed by atoms with E-state index in [-0.39, 0.29) is 18.9 Å². The summed E-state index contributed by atoms with van der Waals surface area (Å²) in [5.41, 5.74) is 2.96. The molecular weight excluding hydrogens is 277 g/mol. The summed E-state index contributed by atoms with van der Waals surface area (Å²) in [4.78, 5) is 0. The predicted molar refractivity (Wildman–Crippen MR) is 78.4 cm³/mol. The second-order valence-electron chi connectivity index (χ2n) is 7.05. The lowest BCUT2D eigenvalue weighted by molar-refractivity contribution is -0.184. The second kappa shape index (κ2) is 7.32. The Kier molecular flexibility index (Phi) is 5.95. The average molecular weight is 306 g/mol. The van der Waals surface area contributed by atoms with Gasteiger partial charge in [-0.15, -0.1) is 0 Å². The molecule has 2 rings (SSSR count). The van der Waals surface area contributed by atoms with Gasteiger partial charge in [0.05, 0.1) is 5.92 Å². The molecular formula is C16H29F3N2. The molecule has 0 amide bonds. The Morgan fingerprint density at radius 1 is 1.05 bits per heavy atom. The van der Waals surface area contributed by atoms with Gasteiger partial charge in [0.2, 0.25) is 0 Å². The maximum atomic E-state index is 12.8. The molecule has 0 spiro atoms. The van der Waals surface area contributed by atoms with E-state index in [0.29, 0.717) is 24.7 Å². The summed E-state index contributed by atoms with van der Waals surface area (Å²) in [6, 6.07) is 0.202. The molecule has 0 radical (unpaired) electrons. The Labute approximate surface area is 126 Å². The normalized spacial score (nSPS) is 36.4. The Hall–Kier alpha value is -0.290. The molecule has 124 valence electrons. The van der Waals surface area contributed by atoms with E-state index in [1.54, 1.807) is 0 Å². The first-order valence-corrected chi connectivity index (χ1v) is 8.48. The van der Waals surface area contributed by atoms with E-state index in [2.05, 4.69) is 12.3 Å².